The Morgan fingerprint density at radius 2 is 0.962 bits per heavy atom. The lowest BCUT2D eigenvalue weighted by atomic mass is 10.0. The van der Waals surface area contributed by atoms with Gasteiger partial charge in [-0.15, -0.1) is 0 Å². The summed E-state index contributed by atoms with van der Waals surface area (Å²) in [6, 6.07) is -5.28. The summed E-state index contributed by atoms with van der Waals surface area (Å²) in [6.07, 6.45) is 0.977. The van der Waals surface area contributed by atoms with Crippen molar-refractivity contribution in [1.82, 2.24) is 47.5 Å². The summed E-state index contributed by atoms with van der Waals surface area (Å²) in [5, 5.41) is 51.7. The van der Waals surface area contributed by atoms with Gasteiger partial charge < -0.3 is 85.8 Å². The first kappa shape index (κ1) is 68.4. The lowest BCUT2D eigenvalue weighted by Gasteiger charge is -2.29. The van der Waals surface area contributed by atoms with Crippen molar-refractivity contribution in [3.05, 3.63) is 36.0 Å². The van der Waals surface area contributed by atoms with E-state index in [1.54, 1.807) is 33.9 Å². The maximum Gasteiger partial charge on any atom is 0.326 e. The third-order valence-corrected chi connectivity index (χ3v) is 12.8. The Kier molecular flexibility index (Phi) is 30.3. The number of aliphatic carboxylic acids is 1. The number of unbranched alkanes of at least 4 members (excludes halogenated alkanes) is 2. The fourth-order valence-corrected chi connectivity index (χ4v) is 8.57. The van der Waals surface area contributed by atoms with Crippen LogP contribution in [0.3, 0.4) is 0 Å². The third-order valence-electron chi connectivity index (χ3n) is 12.8. The predicted molar refractivity (Wildman–Crippen MR) is 294 cm³/mol. The lowest BCUT2D eigenvalue weighted by Crippen LogP contribution is -2.62. The molecule has 79 heavy (non-hydrogen) atoms. The minimum Gasteiger partial charge on any atom is -0.480 e. The number of nitrogens with two attached hydrogens (primary N) is 4. The van der Waals surface area contributed by atoms with E-state index in [9.17, 15) is 63.3 Å². The second kappa shape index (κ2) is 35.0. The minimum atomic E-state index is -1.78. The van der Waals surface area contributed by atoms with Gasteiger partial charge in [0.15, 0.2) is 0 Å². The predicted octanol–water partition coefficient (Wildman–Crippen LogP) is -1.96. The average molecular weight is 1120 g/mol. The van der Waals surface area contributed by atoms with Crippen molar-refractivity contribution in [2.45, 2.75) is 186 Å². The van der Waals surface area contributed by atoms with Gasteiger partial charge in [0, 0.05) is 29.9 Å². The number of aliphatic hydroxyl groups is 2. The van der Waals surface area contributed by atoms with E-state index in [2.05, 4.69) is 47.5 Å². The van der Waals surface area contributed by atoms with Crippen molar-refractivity contribution in [2.24, 2.45) is 40.7 Å². The van der Waals surface area contributed by atoms with Crippen molar-refractivity contribution in [2.75, 3.05) is 19.7 Å². The van der Waals surface area contributed by atoms with Crippen LogP contribution < -0.4 is 65.5 Å². The highest BCUT2D eigenvalue weighted by Gasteiger charge is 2.37. The van der Waals surface area contributed by atoms with Crippen LogP contribution in [0.15, 0.2) is 30.5 Å². The molecule has 10 atom stereocenters. The Morgan fingerprint density at radius 3 is 1.47 bits per heavy atom. The van der Waals surface area contributed by atoms with Gasteiger partial charge in [0.2, 0.25) is 53.2 Å². The number of carbonyl (C=O) groups excluding carboxylic acids is 9. The molecule has 0 bridgehead atoms. The van der Waals surface area contributed by atoms with Crippen LogP contribution in [0.5, 0.6) is 0 Å². The molecule has 0 radical (unpaired) electrons. The van der Waals surface area contributed by atoms with Gasteiger partial charge in [-0.05, 0) is 114 Å². The number of para-hydroxylation sites is 1. The first-order chi connectivity index (χ1) is 37.2. The number of carbonyl (C=O) groups is 10. The number of rotatable bonds is 38. The van der Waals surface area contributed by atoms with Crippen LogP contribution in [-0.2, 0) is 54.4 Å². The number of aliphatic hydroxyl groups excluding tert-OH is 2. The van der Waals surface area contributed by atoms with Crippen LogP contribution in [0.4, 0.5) is 0 Å². The minimum absolute atomic E-state index is 0.00249. The zero-order valence-corrected chi connectivity index (χ0v) is 46.7. The normalized spacial score (nSPS) is 15.3. The zero-order chi connectivity index (χ0) is 59.5. The van der Waals surface area contributed by atoms with E-state index in [1.165, 1.54) is 6.92 Å². The van der Waals surface area contributed by atoms with Crippen molar-refractivity contribution >= 4 is 70.0 Å². The SMILES string of the molecule is CC(C)C[C@H](NC(=O)[C@H](CO)NC(=O)[C@H](CC(C)C)NC(=O)[C@H](CCCCN)NC(=O)[C@H](CCC(N)=O)NC(=O)[C@@H](NC(=O)[C@H](CCCCN)NC(=O)[C@H](Cc1c[nH]c2ccccc12)NC(=O)[C@@H](N)CC(C)C)[C@@H](C)O)C(=O)O. The summed E-state index contributed by atoms with van der Waals surface area (Å²) in [7, 11) is 0. The van der Waals surface area contributed by atoms with Gasteiger partial charge in [-0.25, -0.2) is 4.79 Å². The fraction of sp³-hybridized carbons (Fsp3) is 0.660. The van der Waals surface area contributed by atoms with Crippen LogP contribution in [-0.4, -0.2) is 160 Å². The Morgan fingerprint density at radius 1 is 0.532 bits per heavy atom. The highest BCUT2D eigenvalue weighted by molar-refractivity contribution is 5.98. The molecule has 2 rings (SSSR count). The average Bonchev–Trinajstić information content (AvgIpc) is 3.81. The Bertz CT molecular complexity index is 2330. The molecule has 0 aliphatic carbocycles. The van der Waals surface area contributed by atoms with Crippen molar-refractivity contribution in [1.29, 1.82) is 0 Å². The second-order valence-electron chi connectivity index (χ2n) is 21.3. The molecule has 2 aromatic rings. The number of aromatic amines is 1. The van der Waals surface area contributed by atoms with Crippen LogP contribution in [0, 0.1) is 17.8 Å². The number of carboxylic acid groups (broad SMARTS) is 1. The summed E-state index contributed by atoms with van der Waals surface area (Å²) in [5.41, 5.74) is 24.6. The summed E-state index contributed by atoms with van der Waals surface area (Å²) in [6.45, 7) is 11.5. The topological polar surface area (TPSA) is 447 Å². The molecule has 1 heterocycles. The first-order valence-corrected chi connectivity index (χ1v) is 27.2. The van der Waals surface area contributed by atoms with Gasteiger partial charge in [0.25, 0.3) is 0 Å². The standard InChI is InChI=1S/C53H89N13O13/c1-28(2)22-34(56)45(70)62-40(25-32-26-58-35-15-9-8-14-33(32)35)50(75)60-37(17-11-13-21-55)48(73)66-44(31(7)68)52(77)61-38(18-19-43(57)69)47(72)59-36(16-10-12-20-54)46(71)63-39(23-29(3)4)49(74)65-42(27-67)51(76)64-41(53(78)79)24-30(5)6/h8-9,14-15,26,28-31,34,36-42,44,58,67-68H,10-13,16-25,27,54-56H2,1-7H3,(H2,57,69)(H,59,72)(H,60,75)(H,61,77)(H,62,70)(H,63,71)(H,64,76)(H,65,74)(H,66,73)(H,78,79)/t31-,34+,36+,37+,38+,39+,40+,41+,42+,44+/m1/s1. The van der Waals surface area contributed by atoms with Crippen molar-refractivity contribution in [3.63, 3.8) is 0 Å². The molecule has 0 saturated carbocycles. The molecule has 26 heteroatoms. The molecule has 1 aromatic carbocycles. The van der Waals surface area contributed by atoms with Gasteiger partial charge in [-0.1, -0.05) is 59.7 Å². The Labute approximate surface area is 462 Å². The molecule has 26 nitrogen and oxygen atoms in total. The van der Waals surface area contributed by atoms with Gasteiger partial charge >= 0.3 is 5.97 Å². The first-order valence-electron chi connectivity index (χ1n) is 27.2. The number of H-pyrrole nitrogens is 1. The number of hydrogen-bond donors (Lipinski definition) is 16. The van der Waals surface area contributed by atoms with Crippen LogP contribution in [0.25, 0.3) is 10.9 Å². The molecule has 444 valence electrons. The smallest absolute Gasteiger partial charge is 0.326 e. The molecule has 0 fully saturated rings. The van der Waals surface area contributed by atoms with Gasteiger partial charge in [-0.3, -0.25) is 43.2 Å². The molecule has 0 spiro atoms. The van der Waals surface area contributed by atoms with E-state index >= 15 is 0 Å². The lowest BCUT2D eigenvalue weighted by molar-refractivity contribution is -0.143. The van der Waals surface area contributed by atoms with E-state index in [1.807, 2.05) is 38.1 Å². The molecule has 0 unspecified atom stereocenters. The van der Waals surface area contributed by atoms with E-state index in [-0.39, 0.29) is 69.4 Å². The van der Waals surface area contributed by atoms with Gasteiger partial charge in [0.05, 0.1) is 18.8 Å². The van der Waals surface area contributed by atoms with Crippen molar-refractivity contribution < 1.29 is 63.3 Å². The summed E-state index contributed by atoms with van der Waals surface area (Å²) < 4.78 is 0. The quantitative estimate of drug-likeness (QED) is 0.0325. The summed E-state index contributed by atoms with van der Waals surface area (Å²) in [5.74, 6) is -9.62. The number of aromatic nitrogens is 1. The number of hydrogen-bond acceptors (Lipinski definition) is 15. The molecule has 0 saturated heterocycles. The molecule has 0 aliphatic heterocycles. The number of carboxylic acids is 1. The van der Waals surface area contributed by atoms with E-state index in [4.69, 9.17) is 22.9 Å². The van der Waals surface area contributed by atoms with Crippen molar-refractivity contribution in [3.8, 4) is 0 Å². The monoisotopic (exact) mass is 1120 g/mol. The zero-order valence-electron chi connectivity index (χ0n) is 46.7. The number of primary amides is 1. The summed E-state index contributed by atoms with van der Waals surface area (Å²) >= 11 is 0. The van der Waals surface area contributed by atoms with E-state index in [0.717, 1.165) is 10.9 Å². The second-order valence-corrected chi connectivity index (χ2v) is 21.3. The number of amides is 9. The molecule has 1 aromatic heterocycles. The Hall–Kier alpha value is -6.74. The van der Waals surface area contributed by atoms with Gasteiger partial charge in [0.1, 0.15) is 48.3 Å². The fourth-order valence-electron chi connectivity index (χ4n) is 8.57. The molecular formula is C53H89N13O13. The van der Waals surface area contributed by atoms with Crippen LogP contribution in [0.1, 0.15) is 125 Å². The largest absolute Gasteiger partial charge is 0.480 e. The number of nitrogens with one attached hydrogen (secondary N) is 9. The number of benzene rings is 1. The summed E-state index contributed by atoms with van der Waals surface area (Å²) in [4.78, 5) is 138. The molecule has 20 N–H and O–H groups in total. The van der Waals surface area contributed by atoms with E-state index in [0.29, 0.717) is 31.2 Å². The highest BCUT2D eigenvalue weighted by atomic mass is 16.4. The maximum atomic E-state index is 14.3. The number of fused-ring (bicyclic) bond motifs is 1. The van der Waals surface area contributed by atoms with Gasteiger partial charge in [-0.2, -0.15) is 0 Å². The Balaban J connectivity index is 2.44. The molecule has 9 amide bonds. The molecular weight excluding hydrogens is 1030 g/mol. The third kappa shape index (κ3) is 24.4. The van der Waals surface area contributed by atoms with Crippen LogP contribution >= 0.6 is 0 Å². The molecule has 0 aliphatic rings. The van der Waals surface area contributed by atoms with E-state index < -0.39 is 139 Å². The maximum absolute atomic E-state index is 14.3. The van der Waals surface area contributed by atoms with Crippen LogP contribution in [0.2, 0.25) is 0 Å². The highest BCUT2D eigenvalue weighted by Crippen LogP contribution is 2.20.